The number of aliphatic hydroxyl groups is 1. The second-order valence-corrected chi connectivity index (χ2v) is 28.4. The summed E-state index contributed by atoms with van der Waals surface area (Å²) in [5.41, 5.74) is 18.0. The fraction of sp³-hybridized carbons (Fsp3) is 0.667. The predicted octanol–water partition coefficient (Wildman–Crippen LogP) is -4.22. The molecule has 592 valence electrons. The summed E-state index contributed by atoms with van der Waals surface area (Å²) in [5, 5.41) is 70.5. The summed E-state index contributed by atoms with van der Waals surface area (Å²) in [5.74, 6) is -15.9. The first kappa shape index (κ1) is 94.6. The second kappa shape index (κ2) is 52.6. The number of nitrogens with one attached hydrogen (secondary N) is 13. The fourth-order valence-corrected chi connectivity index (χ4v) is 11.4. The van der Waals surface area contributed by atoms with Crippen molar-refractivity contribution in [1.82, 2.24) is 69.1 Å². The molecule has 0 saturated heterocycles. The Morgan fingerprint density at radius 3 is 1.30 bits per heavy atom. The lowest BCUT2D eigenvalue weighted by molar-refractivity contribution is -0.141. The lowest BCUT2D eigenvalue weighted by atomic mass is 10.00. The smallest absolute Gasteiger partial charge is 0.322 e. The van der Waals surface area contributed by atoms with Gasteiger partial charge in [-0.2, -0.15) is 35.3 Å². The van der Waals surface area contributed by atoms with Crippen LogP contribution >= 0.6 is 35.3 Å². The highest BCUT2D eigenvalue weighted by Gasteiger charge is 2.37. The Morgan fingerprint density at radius 2 is 0.829 bits per heavy atom. The maximum absolute atomic E-state index is 14.5. The van der Waals surface area contributed by atoms with Crippen LogP contribution < -0.4 is 86.3 Å². The Kier molecular flexibility index (Phi) is 47.4. The number of carboxylic acid groups (broad SMARTS) is 3. The van der Waals surface area contributed by atoms with Gasteiger partial charge in [-0.3, -0.25) is 76.7 Å². The lowest BCUT2D eigenvalue weighted by Gasteiger charge is -2.28. The molecule has 0 spiro atoms. The number of hydrogen-bond acceptors (Lipinski definition) is 23. The fourth-order valence-electron chi connectivity index (χ4n) is 9.97. The number of carbonyl (C=O) groups excluding carboxylic acids is 13. The molecular formula is C66H110N16O20S3. The molecule has 36 nitrogen and oxygen atoms in total. The van der Waals surface area contributed by atoms with Gasteiger partial charge < -0.3 is 107 Å². The van der Waals surface area contributed by atoms with Crippen molar-refractivity contribution in [3.63, 3.8) is 0 Å². The van der Waals surface area contributed by atoms with E-state index in [2.05, 4.69) is 69.1 Å². The SMILES string of the molecule is CSCC[C@H](NC(=O)[C@H](CO)NC(=O)[C@H](CC(C)C)NC(=O)CNC(=O)[C@H](CCCCN)NC(=O)[C@H](CCSC)NC(=O)[C@H](Cc1ccccc1)NC(=O)[C@@H](NC(=O)[C@H](CC(=O)O)NC(=O)[C@@H](N)CCSC)C(C)C)C(=O)N[C@@H](C)C(=O)N[C@@H](CCCCN)C(=O)N[C@@H](CCC(=O)O)C(=O)NCC(=O)O. The minimum absolute atomic E-state index is 0.00555. The molecule has 0 bridgehead atoms. The first-order valence-electron chi connectivity index (χ1n) is 34.5. The van der Waals surface area contributed by atoms with Gasteiger partial charge in [0.05, 0.1) is 25.6 Å². The van der Waals surface area contributed by atoms with Crippen molar-refractivity contribution in [3.8, 4) is 0 Å². The van der Waals surface area contributed by atoms with E-state index in [4.69, 9.17) is 22.3 Å². The molecule has 0 aliphatic carbocycles. The maximum atomic E-state index is 14.5. The number of benzene rings is 1. The van der Waals surface area contributed by atoms with Gasteiger partial charge in [-0.05, 0) is 144 Å². The minimum Gasteiger partial charge on any atom is -0.481 e. The zero-order valence-corrected chi connectivity index (χ0v) is 63.3. The van der Waals surface area contributed by atoms with Crippen LogP contribution in [0.3, 0.4) is 0 Å². The van der Waals surface area contributed by atoms with Crippen LogP contribution in [0.5, 0.6) is 0 Å². The molecule has 13 amide bonds. The first-order valence-corrected chi connectivity index (χ1v) is 38.7. The average Bonchev–Trinajstić information content (AvgIpc) is 0.856. The first-order chi connectivity index (χ1) is 49.7. The maximum Gasteiger partial charge on any atom is 0.322 e. The predicted molar refractivity (Wildman–Crippen MR) is 394 cm³/mol. The summed E-state index contributed by atoms with van der Waals surface area (Å²) in [6.45, 7) is 5.69. The largest absolute Gasteiger partial charge is 0.481 e. The van der Waals surface area contributed by atoms with Gasteiger partial charge in [-0.25, -0.2) is 0 Å². The van der Waals surface area contributed by atoms with Crippen LogP contribution in [0.15, 0.2) is 30.3 Å². The van der Waals surface area contributed by atoms with Crippen molar-refractivity contribution in [3.05, 3.63) is 35.9 Å². The second-order valence-electron chi connectivity index (χ2n) is 25.5. The van der Waals surface area contributed by atoms with E-state index < -0.39 is 212 Å². The number of nitrogens with two attached hydrogens (primary N) is 3. The van der Waals surface area contributed by atoms with Crippen molar-refractivity contribution < 1.29 is 97.1 Å². The monoisotopic (exact) mass is 1540 g/mol. The Hall–Kier alpha value is -8.37. The third kappa shape index (κ3) is 39.0. The molecule has 105 heavy (non-hydrogen) atoms. The van der Waals surface area contributed by atoms with Crippen LogP contribution in [0.4, 0.5) is 0 Å². The molecule has 1 aromatic carbocycles. The number of unbranched alkanes of at least 4 members (excludes halogenated alkanes) is 2. The van der Waals surface area contributed by atoms with Crippen LogP contribution in [0.2, 0.25) is 0 Å². The molecule has 0 heterocycles. The Balaban J connectivity index is 3.39. The Bertz CT molecular complexity index is 3020. The molecule has 0 aliphatic heterocycles. The number of thioether (sulfide) groups is 3. The van der Waals surface area contributed by atoms with Crippen LogP contribution in [0.1, 0.15) is 124 Å². The van der Waals surface area contributed by atoms with Gasteiger partial charge in [-0.1, -0.05) is 58.0 Å². The number of hydrogen-bond donors (Lipinski definition) is 20. The molecule has 0 unspecified atom stereocenters. The van der Waals surface area contributed by atoms with Gasteiger partial charge in [-0.15, -0.1) is 0 Å². The van der Waals surface area contributed by atoms with Crippen molar-refractivity contribution in [2.45, 2.75) is 197 Å². The van der Waals surface area contributed by atoms with E-state index in [0.29, 0.717) is 36.3 Å². The molecule has 23 N–H and O–H groups in total. The highest BCUT2D eigenvalue weighted by atomic mass is 32.2. The van der Waals surface area contributed by atoms with Crippen molar-refractivity contribution in [1.29, 1.82) is 0 Å². The summed E-state index contributed by atoms with van der Waals surface area (Å²) in [6.07, 6.45) is 4.77. The van der Waals surface area contributed by atoms with E-state index in [1.807, 2.05) is 0 Å². The van der Waals surface area contributed by atoms with Gasteiger partial charge in [0.25, 0.3) is 0 Å². The highest BCUT2D eigenvalue weighted by Crippen LogP contribution is 2.14. The van der Waals surface area contributed by atoms with E-state index in [-0.39, 0.29) is 76.1 Å². The molecule has 1 aromatic rings. The van der Waals surface area contributed by atoms with E-state index in [0.717, 1.165) is 0 Å². The zero-order valence-electron chi connectivity index (χ0n) is 60.8. The highest BCUT2D eigenvalue weighted by molar-refractivity contribution is 7.99. The molecule has 0 saturated carbocycles. The van der Waals surface area contributed by atoms with E-state index >= 15 is 0 Å². The van der Waals surface area contributed by atoms with Gasteiger partial charge in [0.1, 0.15) is 73.0 Å². The normalized spacial score (nSPS) is 14.5. The van der Waals surface area contributed by atoms with E-state index in [9.17, 15) is 92.0 Å². The van der Waals surface area contributed by atoms with Gasteiger partial charge in [0, 0.05) is 12.8 Å². The molecule has 39 heteroatoms. The summed E-state index contributed by atoms with van der Waals surface area (Å²) in [6, 6.07) is -8.46. The van der Waals surface area contributed by atoms with Gasteiger partial charge >= 0.3 is 17.9 Å². The molecule has 0 radical (unpaired) electrons. The van der Waals surface area contributed by atoms with Crippen molar-refractivity contribution >= 4 is 130 Å². The minimum atomic E-state index is -1.73. The average molecular weight is 1540 g/mol. The molecule has 12 atom stereocenters. The molecule has 1 rings (SSSR count). The third-order valence-electron chi connectivity index (χ3n) is 15.8. The standard InChI is InChI=1S/C66H110N16O20S3/c1-36(2)30-46(62(98)81-49(35-83)65(101)78-44(23-28-104-7)59(95)72-38(5)55(91)74-42(19-13-15-26-68)60(96)76-43(20-21-51(85)86)58(94)71-34-53(89)90)73-50(84)33-70-57(93)41(18-12-14-25-67)75-61(97)45(24-29-105-8)77-63(99)47(31-39-16-10-9-11-17-39)80-66(102)54(37(3)4)82-64(100)48(32-52(87)88)79-56(92)40(69)22-27-103-6/h9-11,16-17,36-38,40-49,54,83H,12-15,18-35,67-69H2,1-8H3,(H,70,93)(H,71,94)(H,72,95)(H,73,84)(H,74,91)(H,75,97)(H,76,96)(H,77,99)(H,78,101)(H,79,92)(H,80,102)(H,81,98)(H,82,100)(H,85,86)(H,87,88)(H,89,90)/t38-,40-,41-,42-,43-,44-,45-,46-,47-,48-,49-,54-/m0/s1. The van der Waals surface area contributed by atoms with Gasteiger partial charge in [0.15, 0.2) is 0 Å². The van der Waals surface area contributed by atoms with Crippen LogP contribution in [-0.4, -0.2) is 256 Å². The van der Waals surface area contributed by atoms with Crippen LogP contribution in [0, 0.1) is 11.8 Å². The number of aliphatic carboxylic acids is 3. The van der Waals surface area contributed by atoms with Gasteiger partial charge in [0.2, 0.25) is 76.8 Å². The molecular weight excluding hydrogens is 1430 g/mol. The molecule has 0 aromatic heterocycles. The number of carbonyl (C=O) groups is 16. The molecule has 0 aliphatic rings. The van der Waals surface area contributed by atoms with Crippen LogP contribution in [-0.2, 0) is 83.1 Å². The Labute approximate surface area is 624 Å². The summed E-state index contributed by atoms with van der Waals surface area (Å²) in [7, 11) is 0. The zero-order chi connectivity index (χ0) is 79.3. The van der Waals surface area contributed by atoms with E-state index in [1.165, 1.54) is 42.2 Å². The van der Waals surface area contributed by atoms with Crippen molar-refractivity contribution in [2.75, 3.05) is 68.8 Å². The number of aliphatic hydroxyl groups excluding tert-OH is 1. The molecule has 0 fully saturated rings. The summed E-state index contributed by atoms with van der Waals surface area (Å²) in [4.78, 5) is 213. The third-order valence-corrected chi connectivity index (χ3v) is 17.8. The Morgan fingerprint density at radius 1 is 0.410 bits per heavy atom. The lowest BCUT2D eigenvalue weighted by Crippen LogP contribution is -2.61. The summed E-state index contributed by atoms with van der Waals surface area (Å²) >= 11 is 4.05. The summed E-state index contributed by atoms with van der Waals surface area (Å²) < 4.78 is 0. The van der Waals surface area contributed by atoms with Crippen molar-refractivity contribution in [2.24, 2.45) is 29.0 Å². The number of carboxylic acids is 3. The number of rotatable bonds is 55. The van der Waals surface area contributed by atoms with E-state index in [1.54, 1.807) is 76.8 Å². The topological polar surface area (TPSA) is 588 Å². The quantitative estimate of drug-likeness (QED) is 0.0275. The van der Waals surface area contributed by atoms with Crippen LogP contribution in [0.25, 0.3) is 0 Å². The number of amides is 13.